The minimum Gasteiger partial charge on any atom is -0.462 e. The van der Waals surface area contributed by atoms with Crippen LogP contribution in [0.4, 0.5) is 0 Å². The Morgan fingerprint density at radius 1 is 0.345 bits per heavy atom. The summed E-state index contributed by atoms with van der Waals surface area (Å²) in [5, 5.41) is 0. The third-order valence-electron chi connectivity index (χ3n) is 10.8. The molecule has 0 aromatic carbocycles. The van der Waals surface area contributed by atoms with Crippen LogP contribution in [0, 0.1) is 0 Å². The Bertz CT molecular complexity index is 854. The Kier molecular flexibility index (Phi) is 43.4. The van der Waals surface area contributed by atoms with Crippen LogP contribution in [0.3, 0.4) is 0 Å². The fourth-order valence-electron chi connectivity index (χ4n) is 7.08. The van der Waals surface area contributed by atoms with Gasteiger partial charge >= 0.3 is 17.9 Å². The van der Waals surface area contributed by atoms with E-state index in [9.17, 15) is 14.4 Å². The number of carbonyl (C=O) groups excluding carboxylic acids is 3. The molecule has 0 aliphatic heterocycles. The lowest BCUT2D eigenvalue weighted by Crippen LogP contribution is -2.30. The normalized spacial score (nSPS) is 12.0. The second-order valence-electron chi connectivity index (χ2n) is 16.4. The van der Waals surface area contributed by atoms with Crippen molar-refractivity contribution >= 4 is 17.9 Å². The molecule has 0 aromatic rings. The van der Waals surface area contributed by atoms with Crippen LogP contribution in [0.2, 0.25) is 0 Å². The average Bonchev–Trinajstić information content (AvgIpc) is 3.18. The summed E-state index contributed by atoms with van der Waals surface area (Å²) in [6.45, 7) is 6.62. The van der Waals surface area contributed by atoms with Crippen molar-refractivity contribution in [2.45, 2.75) is 271 Å². The number of hydrogen-bond acceptors (Lipinski definition) is 6. The third kappa shape index (κ3) is 43.1. The number of carbonyl (C=O) groups is 3. The van der Waals surface area contributed by atoms with Crippen molar-refractivity contribution in [3.8, 4) is 0 Å². The molecule has 55 heavy (non-hydrogen) atoms. The third-order valence-corrected chi connectivity index (χ3v) is 10.8. The van der Waals surface area contributed by atoms with Gasteiger partial charge in [0.2, 0.25) is 0 Å². The molecule has 6 nitrogen and oxygen atoms in total. The molecule has 0 saturated heterocycles. The number of allylic oxidation sites excluding steroid dienone is 2. The second kappa shape index (κ2) is 44.9. The van der Waals surface area contributed by atoms with Gasteiger partial charge in [0.15, 0.2) is 6.10 Å². The first-order chi connectivity index (χ1) is 27.0. The summed E-state index contributed by atoms with van der Waals surface area (Å²) in [5.74, 6) is -0.868. The van der Waals surface area contributed by atoms with Crippen molar-refractivity contribution in [3.63, 3.8) is 0 Å². The average molecular weight is 777 g/mol. The van der Waals surface area contributed by atoms with Crippen molar-refractivity contribution in [1.29, 1.82) is 0 Å². The van der Waals surface area contributed by atoms with E-state index in [2.05, 4.69) is 32.9 Å². The zero-order valence-electron chi connectivity index (χ0n) is 37.0. The SMILES string of the molecule is CCCCCCCCC=CCCCCCCCC(=O)OC(COC(=O)CCCCCCCCCCC)COC(=O)CCCCCCCCCCCCCCC. The van der Waals surface area contributed by atoms with E-state index < -0.39 is 6.10 Å². The lowest BCUT2D eigenvalue weighted by molar-refractivity contribution is -0.167. The van der Waals surface area contributed by atoms with E-state index in [1.165, 1.54) is 161 Å². The molecule has 0 spiro atoms. The minimum absolute atomic E-state index is 0.0687. The second-order valence-corrected chi connectivity index (χ2v) is 16.4. The van der Waals surface area contributed by atoms with Crippen LogP contribution in [-0.4, -0.2) is 37.2 Å². The van der Waals surface area contributed by atoms with Gasteiger partial charge in [-0.25, -0.2) is 0 Å². The molecule has 0 aromatic heterocycles. The fourth-order valence-corrected chi connectivity index (χ4v) is 7.08. The van der Waals surface area contributed by atoms with Gasteiger partial charge in [0.05, 0.1) is 0 Å². The van der Waals surface area contributed by atoms with Crippen molar-refractivity contribution in [1.82, 2.24) is 0 Å². The van der Waals surface area contributed by atoms with Crippen LogP contribution in [-0.2, 0) is 28.6 Å². The largest absolute Gasteiger partial charge is 0.462 e. The Morgan fingerprint density at radius 3 is 0.909 bits per heavy atom. The number of ether oxygens (including phenoxy) is 3. The quantitative estimate of drug-likeness (QED) is 0.0265. The Hall–Kier alpha value is -1.85. The molecule has 0 heterocycles. The Balaban J connectivity index is 4.32. The molecule has 0 amide bonds. The van der Waals surface area contributed by atoms with Gasteiger partial charge in [-0.2, -0.15) is 0 Å². The van der Waals surface area contributed by atoms with Gasteiger partial charge in [0.25, 0.3) is 0 Å². The first kappa shape index (κ1) is 53.1. The highest BCUT2D eigenvalue weighted by atomic mass is 16.6. The standard InChI is InChI=1S/C49H92O6/c1-4-7-10-13-16-19-21-23-24-26-28-31-34-37-40-43-49(52)55-46(44-53-47(50)41-38-35-32-29-18-15-12-9-6-3)45-54-48(51)42-39-36-33-30-27-25-22-20-17-14-11-8-5-2/h23-24,46H,4-22,25-45H2,1-3H3. The highest BCUT2D eigenvalue weighted by Gasteiger charge is 2.19. The van der Waals surface area contributed by atoms with Crippen LogP contribution in [0.25, 0.3) is 0 Å². The predicted molar refractivity (Wildman–Crippen MR) is 233 cm³/mol. The molecule has 0 saturated carbocycles. The van der Waals surface area contributed by atoms with E-state index in [1.54, 1.807) is 0 Å². The molecule has 0 rings (SSSR count). The van der Waals surface area contributed by atoms with E-state index in [1.807, 2.05) is 0 Å². The van der Waals surface area contributed by atoms with Gasteiger partial charge in [-0.3, -0.25) is 14.4 Å². The lowest BCUT2D eigenvalue weighted by atomic mass is 10.0. The highest BCUT2D eigenvalue weighted by molar-refractivity contribution is 5.71. The topological polar surface area (TPSA) is 78.9 Å². The van der Waals surface area contributed by atoms with Crippen LogP contribution in [0.5, 0.6) is 0 Å². The van der Waals surface area contributed by atoms with Gasteiger partial charge in [-0.15, -0.1) is 0 Å². The summed E-state index contributed by atoms with van der Waals surface area (Å²) < 4.78 is 16.7. The van der Waals surface area contributed by atoms with Crippen LogP contribution >= 0.6 is 0 Å². The van der Waals surface area contributed by atoms with Crippen molar-refractivity contribution in [2.75, 3.05) is 13.2 Å². The van der Waals surface area contributed by atoms with Gasteiger partial charge in [-0.05, 0) is 44.9 Å². The summed E-state index contributed by atoms with van der Waals surface area (Å²) in [7, 11) is 0. The lowest BCUT2D eigenvalue weighted by Gasteiger charge is -2.18. The number of hydrogen-bond donors (Lipinski definition) is 0. The maximum Gasteiger partial charge on any atom is 0.306 e. The Labute approximate surface area is 341 Å². The maximum absolute atomic E-state index is 12.7. The van der Waals surface area contributed by atoms with Gasteiger partial charge in [0, 0.05) is 19.3 Å². The van der Waals surface area contributed by atoms with E-state index >= 15 is 0 Å². The van der Waals surface area contributed by atoms with Gasteiger partial charge in [0.1, 0.15) is 13.2 Å². The molecule has 1 unspecified atom stereocenters. The summed E-state index contributed by atoms with van der Waals surface area (Å²) in [5.41, 5.74) is 0. The zero-order valence-corrected chi connectivity index (χ0v) is 37.0. The summed E-state index contributed by atoms with van der Waals surface area (Å²) in [6.07, 6.45) is 47.6. The molecular formula is C49H92O6. The Morgan fingerprint density at radius 2 is 0.600 bits per heavy atom. The molecular weight excluding hydrogens is 685 g/mol. The first-order valence-corrected chi connectivity index (χ1v) is 24.2. The van der Waals surface area contributed by atoms with Crippen LogP contribution < -0.4 is 0 Å². The van der Waals surface area contributed by atoms with Crippen molar-refractivity contribution in [3.05, 3.63) is 12.2 Å². The van der Waals surface area contributed by atoms with Crippen molar-refractivity contribution < 1.29 is 28.6 Å². The van der Waals surface area contributed by atoms with Gasteiger partial charge < -0.3 is 14.2 Å². The van der Waals surface area contributed by atoms with E-state index in [-0.39, 0.29) is 31.1 Å². The van der Waals surface area contributed by atoms with E-state index in [0.29, 0.717) is 19.3 Å². The van der Waals surface area contributed by atoms with E-state index in [0.717, 1.165) is 64.2 Å². The van der Waals surface area contributed by atoms with Crippen molar-refractivity contribution in [2.24, 2.45) is 0 Å². The molecule has 1 atom stereocenters. The molecule has 0 aliphatic rings. The molecule has 324 valence electrons. The minimum atomic E-state index is -0.765. The number of rotatable bonds is 44. The predicted octanol–water partition coefficient (Wildman–Crippen LogP) is 15.4. The van der Waals surface area contributed by atoms with Crippen LogP contribution in [0.1, 0.15) is 265 Å². The molecule has 0 bridgehead atoms. The van der Waals surface area contributed by atoms with Gasteiger partial charge in [-0.1, -0.05) is 213 Å². The number of unbranched alkanes of at least 4 members (excludes halogenated alkanes) is 31. The zero-order chi connectivity index (χ0) is 40.1. The molecule has 0 aliphatic carbocycles. The van der Waals surface area contributed by atoms with E-state index in [4.69, 9.17) is 14.2 Å². The highest BCUT2D eigenvalue weighted by Crippen LogP contribution is 2.15. The number of esters is 3. The fraction of sp³-hybridized carbons (Fsp3) is 0.898. The van der Waals surface area contributed by atoms with Crippen LogP contribution in [0.15, 0.2) is 12.2 Å². The summed E-state index contributed by atoms with van der Waals surface area (Å²) in [4.78, 5) is 37.7. The maximum atomic E-state index is 12.7. The molecule has 0 radical (unpaired) electrons. The molecule has 6 heteroatoms. The summed E-state index contributed by atoms with van der Waals surface area (Å²) in [6, 6.07) is 0. The molecule has 0 fully saturated rings. The molecule has 0 N–H and O–H groups in total. The smallest absolute Gasteiger partial charge is 0.306 e. The first-order valence-electron chi connectivity index (χ1n) is 24.2. The summed E-state index contributed by atoms with van der Waals surface area (Å²) >= 11 is 0. The monoisotopic (exact) mass is 777 g/mol.